The Balaban J connectivity index is 1.95. The molecule has 1 saturated heterocycles. The highest BCUT2D eigenvalue weighted by atomic mass is 32.2. The number of ether oxygens (including phenoxy) is 2. The van der Waals surface area contributed by atoms with Gasteiger partial charge in [-0.1, -0.05) is 12.1 Å². The lowest BCUT2D eigenvalue weighted by Crippen LogP contribution is -2.28. The normalized spacial score (nSPS) is 13.7. The lowest BCUT2D eigenvalue weighted by molar-refractivity contribution is 0.0527. The maximum atomic E-state index is 13.0. The molecule has 2 aromatic carbocycles. The van der Waals surface area contributed by atoms with Gasteiger partial charge in [0.05, 0.1) is 35.4 Å². The largest absolute Gasteiger partial charge is 0.496 e. The van der Waals surface area contributed by atoms with Gasteiger partial charge in [0, 0.05) is 13.1 Å². The molecule has 1 amide bonds. The van der Waals surface area contributed by atoms with Crippen LogP contribution in [0.1, 0.15) is 40.5 Å². The van der Waals surface area contributed by atoms with Crippen molar-refractivity contribution in [2.24, 2.45) is 0 Å². The first kappa shape index (κ1) is 21.6. The molecule has 1 fully saturated rings. The average molecular weight is 432 g/mol. The Morgan fingerprint density at radius 2 is 1.77 bits per heavy atom. The van der Waals surface area contributed by atoms with Crippen LogP contribution < -0.4 is 9.46 Å². The Labute approximate surface area is 175 Å². The molecule has 8 nitrogen and oxygen atoms in total. The van der Waals surface area contributed by atoms with Crippen molar-refractivity contribution < 1.29 is 27.5 Å². The third-order valence-electron chi connectivity index (χ3n) is 4.77. The van der Waals surface area contributed by atoms with E-state index in [1.54, 1.807) is 24.0 Å². The number of esters is 1. The molecule has 0 atom stereocenters. The van der Waals surface area contributed by atoms with Crippen LogP contribution >= 0.6 is 0 Å². The number of hydrogen-bond donors (Lipinski definition) is 1. The van der Waals surface area contributed by atoms with Gasteiger partial charge in [-0.05, 0) is 50.1 Å². The molecular formula is C21H24N2O6S. The highest BCUT2D eigenvalue weighted by Gasteiger charge is 2.26. The highest BCUT2D eigenvalue weighted by Crippen LogP contribution is 2.27. The van der Waals surface area contributed by atoms with E-state index in [1.165, 1.54) is 37.4 Å². The summed E-state index contributed by atoms with van der Waals surface area (Å²) < 4.78 is 38.7. The first-order chi connectivity index (χ1) is 14.4. The summed E-state index contributed by atoms with van der Waals surface area (Å²) in [5, 5.41) is 0. The monoisotopic (exact) mass is 432 g/mol. The number of nitrogens with zero attached hydrogens (tertiary/aromatic N) is 1. The van der Waals surface area contributed by atoms with E-state index in [2.05, 4.69) is 4.72 Å². The average Bonchev–Trinajstić information content (AvgIpc) is 3.28. The number of para-hydroxylation sites is 1. The van der Waals surface area contributed by atoms with Crippen molar-refractivity contribution in [3.05, 3.63) is 53.6 Å². The Hall–Kier alpha value is -3.07. The zero-order valence-corrected chi connectivity index (χ0v) is 17.7. The van der Waals surface area contributed by atoms with Gasteiger partial charge in [-0.2, -0.15) is 0 Å². The van der Waals surface area contributed by atoms with Crippen LogP contribution in [0.2, 0.25) is 0 Å². The van der Waals surface area contributed by atoms with Gasteiger partial charge in [0.2, 0.25) is 0 Å². The van der Waals surface area contributed by atoms with Crippen LogP contribution in [0.15, 0.2) is 47.4 Å². The quantitative estimate of drug-likeness (QED) is 0.675. The van der Waals surface area contributed by atoms with Gasteiger partial charge < -0.3 is 14.4 Å². The van der Waals surface area contributed by atoms with Crippen LogP contribution in [-0.2, 0) is 14.8 Å². The van der Waals surface area contributed by atoms with E-state index in [-0.39, 0.29) is 34.2 Å². The van der Waals surface area contributed by atoms with Crippen molar-refractivity contribution >= 4 is 27.6 Å². The highest BCUT2D eigenvalue weighted by molar-refractivity contribution is 7.92. The number of hydrogen-bond acceptors (Lipinski definition) is 6. The molecule has 0 aliphatic carbocycles. The van der Waals surface area contributed by atoms with Crippen LogP contribution in [0.3, 0.4) is 0 Å². The lowest BCUT2D eigenvalue weighted by Gasteiger charge is -2.18. The van der Waals surface area contributed by atoms with E-state index >= 15 is 0 Å². The fourth-order valence-corrected chi connectivity index (χ4v) is 4.38. The van der Waals surface area contributed by atoms with Crippen molar-refractivity contribution in [3.8, 4) is 5.75 Å². The molecule has 0 saturated carbocycles. The number of likely N-dealkylation sites (tertiary alicyclic amines) is 1. The molecule has 0 spiro atoms. The summed E-state index contributed by atoms with van der Waals surface area (Å²) in [6, 6.07) is 10.3. The molecule has 0 radical (unpaired) electrons. The van der Waals surface area contributed by atoms with Crippen molar-refractivity contribution in [1.82, 2.24) is 4.90 Å². The summed E-state index contributed by atoms with van der Waals surface area (Å²) in [4.78, 5) is 26.6. The number of amides is 1. The smallest absolute Gasteiger partial charge is 0.340 e. The Bertz CT molecular complexity index is 1050. The molecule has 0 unspecified atom stereocenters. The van der Waals surface area contributed by atoms with Crippen LogP contribution in [0.25, 0.3) is 0 Å². The summed E-state index contributed by atoms with van der Waals surface area (Å²) in [6.45, 7) is 3.09. The van der Waals surface area contributed by atoms with Gasteiger partial charge in [-0.3, -0.25) is 9.52 Å². The minimum Gasteiger partial charge on any atom is -0.496 e. The molecule has 30 heavy (non-hydrogen) atoms. The van der Waals surface area contributed by atoms with Gasteiger partial charge in [0.1, 0.15) is 5.75 Å². The van der Waals surface area contributed by atoms with Crippen molar-refractivity contribution in [2.45, 2.75) is 24.7 Å². The number of sulfonamides is 1. The van der Waals surface area contributed by atoms with E-state index < -0.39 is 16.0 Å². The van der Waals surface area contributed by atoms with Crippen LogP contribution in [-0.4, -0.2) is 52.0 Å². The van der Waals surface area contributed by atoms with Crippen LogP contribution in [0.5, 0.6) is 5.75 Å². The number of nitrogens with one attached hydrogen (secondary N) is 1. The maximum absolute atomic E-state index is 13.0. The molecular weight excluding hydrogens is 408 g/mol. The summed E-state index contributed by atoms with van der Waals surface area (Å²) in [5.74, 6) is -0.596. The fraction of sp³-hybridized carbons (Fsp3) is 0.333. The Kier molecular flexibility index (Phi) is 6.61. The minimum absolute atomic E-state index is 0.0965. The van der Waals surface area contributed by atoms with Crippen LogP contribution in [0.4, 0.5) is 5.69 Å². The summed E-state index contributed by atoms with van der Waals surface area (Å²) in [5.41, 5.74) is 0.380. The van der Waals surface area contributed by atoms with Crippen molar-refractivity contribution in [3.63, 3.8) is 0 Å². The first-order valence-electron chi connectivity index (χ1n) is 9.63. The number of carbonyl (C=O) groups excluding carboxylic acids is 2. The van der Waals surface area contributed by atoms with E-state index in [0.717, 1.165) is 12.8 Å². The number of methoxy groups -OCH3 is 1. The zero-order valence-electron chi connectivity index (χ0n) is 16.9. The SMILES string of the molecule is CCOC(=O)c1ccccc1NS(=O)(=O)c1ccc(OC)c(C(=O)N2CCCC2)c1. The second-order valence-electron chi connectivity index (χ2n) is 6.73. The number of carbonyl (C=O) groups is 2. The molecule has 2 aromatic rings. The van der Waals surface area contributed by atoms with Crippen LogP contribution in [0, 0.1) is 0 Å². The predicted octanol–water partition coefficient (Wildman–Crippen LogP) is 2.91. The maximum Gasteiger partial charge on any atom is 0.340 e. The molecule has 1 aliphatic rings. The molecule has 160 valence electrons. The second kappa shape index (κ2) is 9.17. The molecule has 0 bridgehead atoms. The van der Waals surface area contributed by atoms with Gasteiger partial charge in [0.25, 0.3) is 15.9 Å². The molecule has 1 aliphatic heterocycles. The Morgan fingerprint density at radius 1 is 1.07 bits per heavy atom. The van der Waals surface area contributed by atoms with Gasteiger partial charge in [-0.15, -0.1) is 0 Å². The molecule has 3 rings (SSSR count). The predicted molar refractivity (Wildman–Crippen MR) is 111 cm³/mol. The van der Waals surface area contributed by atoms with Gasteiger partial charge >= 0.3 is 5.97 Å². The zero-order chi connectivity index (χ0) is 21.7. The molecule has 0 aromatic heterocycles. The summed E-state index contributed by atoms with van der Waals surface area (Å²) in [7, 11) is -2.64. The number of anilines is 1. The third-order valence-corrected chi connectivity index (χ3v) is 6.13. The Morgan fingerprint density at radius 3 is 2.43 bits per heavy atom. The molecule has 1 heterocycles. The van der Waals surface area contributed by atoms with E-state index in [9.17, 15) is 18.0 Å². The number of rotatable bonds is 7. The van der Waals surface area contributed by atoms with Crippen molar-refractivity contribution in [2.75, 3.05) is 31.5 Å². The third kappa shape index (κ3) is 4.56. The van der Waals surface area contributed by atoms with Gasteiger partial charge in [-0.25, -0.2) is 13.2 Å². The topological polar surface area (TPSA) is 102 Å². The van der Waals surface area contributed by atoms with E-state index in [4.69, 9.17) is 9.47 Å². The van der Waals surface area contributed by atoms with Gasteiger partial charge in [0.15, 0.2) is 0 Å². The standard InChI is InChI=1S/C21H24N2O6S/c1-3-29-21(25)16-8-4-5-9-18(16)22-30(26,27)15-10-11-19(28-2)17(14-15)20(24)23-12-6-7-13-23/h4-5,8-11,14,22H,3,6-7,12-13H2,1-2H3. The lowest BCUT2D eigenvalue weighted by atomic mass is 10.1. The summed E-state index contributed by atoms with van der Waals surface area (Å²) >= 11 is 0. The molecule has 1 N–H and O–H groups in total. The van der Waals surface area contributed by atoms with Crippen molar-refractivity contribution in [1.29, 1.82) is 0 Å². The van der Waals surface area contributed by atoms with E-state index in [0.29, 0.717) is 18.8 Å². The van der Waals surface area contributed by atoms with E-state index in [1.807, 2.05) is 0 Å². The second-order valence-corrected chi connectivity index (χ2v) is 8.42. The number of benzene rings is 2. The molecule has 9 heteroatoms. The fourth-order valence-electron chi connectivity index (χ4n) is 3.27. The minimum atomic E-state index is -4.07. The summed E-state index contributed by atoms with van der Waals surface area (Å²) in [6.07, 6.45) is 1.83. The first-order valence-corrected chi connectivity index (χ1v) is 11.1.